The highest BCUT2D eigenvalue weighted by Crippen LogP contribution is 2.54. The number of nitrogens with zero attached hydrogens (tertiary/aromatic N) is 2. The molecule has 1 heterocycles. The zero-order valence-electron chi connectivity index (χ0n) is 39.1. The Bertz CT molecular complexity index is 3890. The molecule has 0 amide bonds. The Hall–Kier alpha value is -8.92. The topological polar surface area (TPSA) is 19.6 Å². The number of benzene rings is 11. The summed E-state index contributed by atoms with van der Waals surface area (Å²) in [6, 6.07) is 92.5. The van der Waals surface area contributed by atoms with Gasteiger partial charge < -0.3 is 14.2 Å². The normalized spacial score (nSPS) is 12.5. The number of hydrogen-bond donors (Lipinski definition) is 0. The van der Waals surface area contributed by atoms with Gasteiger partial charge in [0.2, 0.25) is 0 Å². The maximum atomic E-state index is 6.42. The number of para-hydroxylation sites is 2. The molecule has 1 aliphatic carbocycles. The molecule has 0 radical (unpaired) electrons. The van der Waals surface area contributed by atoms with Crippen LogP contribution in [-0.4, -0.2) is 0 Å². The van der Waals surface area contributed by atoms with E-state index in [-0.39, 0.29) is 5.41 Å². The fourth-order valence-corrected chi connectivity index (χ4v) is 11.0. The minimum Gasteiger partial charge on any atom is -0.456 e. The van der Waals surface area contributed by atoms with Gasteiger partial charge in [-0.05, 0) is 151 Å². The highest BCUT2D eigenvalue weighted by molar-refractivity contribution is 6.10. The van der Waals surface area contributed by atoms with E-state index in [0.29, 0.717) is 0 Å². The molecule has 11 aromatic carbocycles. The van der Waals surface area contributed by atoms with E-state index < -0.39 is 0 Å². The van der Waals surface area contributed by atoms with Crippen LogP contribution in [0.2, 0.25) is 0 Å². The van der Waals surface area contributed by atoms with E-state index >= 15 is 0 Å². The van der Waals surface area contributed by atoms with E-state index in [1.807, 2.05) is 6.07 Å². The lowest BCUT2D eigenvalue weighted by molar-refractivity contribution is 0.661. The number of fused-ring (bicyclic) bond motifs is 8. The SMILES string of the molecule is CC1(C)c2ccccc2-c2c1cc(-c1cc(N(c3ccccc3)c3ccc(-c4ccccc4)cc3)cc(N(c3ccc(-c4ccccc4)cc3)c3ccc4oc5ccccc5c4c3)c1)c1ccccc21. The molecule has 332 valence electrons. The molecule has 0 atom stereocenters. The first kappa shape index (κ1) is 41.3. The molecular formula is C67H48N2O. The molecule has 0 fully saturated rings. The van der Waals surface area contributed by atoms with Crippen molar-refractivity contribution < 1.29 is 4.42 Å². The molecule has 0 bridgehead atoms. The van der Waals surface area contributed by atoms with Crippen molar-refractivity contribution in [3.05, 3.63) is 266 Å². The largest absolute Gasteiger partial charge is 0.456 e. The fraction of sp³-hybridized carbons (Fsp3) is 0.0448. The van der Waals surface area contributed by atoms with Gasteiger partial charge in [0.05, 0.1) is 0 Å². The third kappa shape index (κ3) is 6.97. The predicted molar refractivity (Wildman–Crippen MR) is 294 cm³/mol. The van der Waals surface area contributed by atoms with Crippen molar-refractivity contribution in [3.8, 4) is 44.5 Å². The van der Waals surface area contributed by atoms with Gasteiger partial charge >= 0.3 is 0 Å². The molecule has 1 aromatic heterocycles. The molecule has 0 N–H and O–H groups in total. The summed E-state index contributed by atoms with van der Waals surface area (Å²) in [6.07, 6.45) is 0. The molecular weight excluding hydrogens is 849 g/mol. The van der Waals surface area contributed by atoms with Crippen LogP contribution in [0.25, 0.3) is 77.2 Å². The second-order valence-electron chi connectivity index (χ2n) is 18.9. The van der Waals surface area contributed by atoms with Crippen LogP contribution in [0.1, 0.15) is 25.0 Å². The Balaban J connectivity index is 1.09. The molecule has 0 aliphatic heterocycles. The third-order valence-corrected chi connectivity index (χ3v) is 14.4. The average molecular weight is 897 g/mol. The van der Waals surface area contributed by atoms with Gasteiger partial charge in [-0.15, -0.1) is 0 Å². The van der Waals surface area contributed by atoms with Crippen LogP contribution in [0.3, 0.4) is 0 Å². The Morgan fingerprint density at radius 3 is 1.40 bits per heavy atom. The van der Waals surface area contributed by atoms with Crippen LogP contribution in [-0.2, 0) is 5.41 Å². The minimum atomic E-state index is -0.197. The second kappa shape index (κ2) is 16.7. The van der Waals surface area contributed by atoms with Crippen molar-refractivity contribution in [1.29, 1.82) is 0 Å². The maximum Gasteiger partial charge on any atom is 0.135 e. The molecule has 70 heavy (non-hydrogen) atoms. The van der Waals surface area contributed by atoms with Crippen molar-refractivity contribution in [2.24, 2.45) is 0 Å². The van der Waals surface area contributed by atoms with Gasteiger partial charge in [-0.3, -0.25) is 0 Å². The Morgan fingerprint density at radius 1 is 0.286 bits per heavy atom. The summed E-state index contributed by atoms with van der Waals surface area (Å²) in [5.74, 6) is 0. The number of anilines is 6. The zero-order chi connectivity index (χ0) is 46.8. The standard InChI is InChI=1S/C67H48N2O/c1-67(2)62-28-16-14-27-59(62)66-58-26-13-12-24-56(58)60(44-63(66)67)49-40-54(68(50-22-10-5-11-23-50)51-34-30-47(31-35-51)45-18-6-3-7-19-45)42-55(41-49)69(52-36-32-48(33-37-52)46-20-8-4-9-21-46)53-38-39-65-61(43-53)57-25-15-17-29-64(57)70-65/h3-44H,1-2H3. The summed E-state index contributed by atoms with van der Waals surface area (Å²) >= 11 is 0. The van der Waals surface area contributed by atoms with Crippen molar-refractivity contribution in [1.82, 2.24) is 0 Å². The molecule has 3 heteroatoms. The highest BCUT2D eigenvalue weighted by Gasteiger charge is 2.37. The van der Waals surface area contributed by atoms with E-state index in [9.17, 15) is 0 Å². The molecule has 0 spiro atoms. The van der Waals surface area contributed by atoms with Gasteiger partial charge in [0, 0.05) is 50.3 Å². The fourth-order valence-electron chi connectivity index (χ4n) is 11.0. The van der Waals surface area contributed by atoms with E-state index in [2.05, 4.69) is 272 Å². The van der Waals surface area contributed by atoms with Crippen LogP contribution >= 0.6 is 0 Å². The third-order valence-electron chi connectivity index (χ3n) is 14.4. The van der Waals surface area contributed by atoms with Gasteiger partial charge in [-0.2, -0.15) is 0 Å². The first-order valence-electron chi connectivity index (χ1n) is 24.2. The van der Waals surface area contributed by atoms with E-state index in [1.165, 1.54) is 55.3 Å². The van der Waals surface area contributed by atoms with Gasteiger partial charge in [-0.25, -0.2) is 0 Å². The minimum absolute atomic E-state index is 0.197. The molecule has 3 nitrogen and oxygen atoms in total. The monoisotopic (exact) mass is 896 g/mol. The van der Waals surface area contributed by atoms with Crippen LogP contribution in [0, 0.1) is 0 Å². The Labute approximate surface area is 408 Å². The van der Waals surface area contributed by atoms with Crippen molar-refractivity contribution in [2.75, 3.05) is 9.80 Å². The lowest BCUT2D eigenvalue weighted by Crippen LogP contribution is -2.15. The molecule has 1 aliphatic rings. The molecule has 13 rings (SSSR count). The molecule has 0 saturated heterocycles. The maximum absolute atomic E-state index is 6.42. The lowest BCUT2D eigenvalue weighted by atomic mass is 9.80. The van der Waals surface area contributed by atoms with Crippen LogP contribution in [0.4, 0.5) is 34.1 Å². The summed E-state index contributed by atoms with van der Waals surface area (Å²) in [6.45, 7) is 4.76. The molecule has 0 saturated carbocycles. The Kier molecular flexibility index (Phi) is 9.85. The van der Waals surface area contributed by atoms with E-state index in [4.69, 9.17) is 4.42 Å². The van der Waals surface area contributed by atoms with Gasteiger partial charge in [0.1, 0.15) is 11.2 Å². The first-order chi connectivity index (χ1) is 34.5. The van der Waals surface area contributed by atoms with Crippen molar-refractivity contribution >= 4 is 66.8 Å². The van der Waals surface area contributed by atoms with E-state index in [1.54, 1.807) is 0 Å². The van der Waals surface area contributed by atoms with E-state index in [0.717, 1.165) is 67.2 Å². The molecule has 0 unspecified atom stereocenters. The number of furan rings is 1. The molecule has 12 aromatic rings. The summed E-state index contributed by atoms with van der Waals surface area (Å²) < 4.78 is 6.42. The Morgan fingerprint density at radius 2 is 0.757 bits per heavy atom. The van der Waals surface area contributed by atoms with Gasteiger partial charge in [0.15, 0.2) is 0 Å². The summed E-state index contributed by atoms with van der Waals surface area (Å²) in [5.41, 5.74) is 20.2. The second-order valence-corrected chi connectivity index (χ2v) is 18.9. The van der Waals surface area contributed by atoms with Crippen LogP contribution in [0.15, 0.2) is 259 Å². The van der Waals surface area contributed by atoms with Crippen LogP contribution < -0.4 is 9.80 Å². The highest BCUT2D eigenvalue weighted by atomic mass is 16.3. The smallest absolute Gasteiger partial charge is 0.135 e. The summed E-state index contributed by atoms with van der Waals surface area (Å²) in [7, 11) is 0. The van der Waals surface area contributed by atoms with Gasteiger partial charge in [-0.1, -0.05) is 184 Å². The first-order valence-corrected chi connectivity index (χ1v) is 24.2. The predicted octanol–water partition coefficient (Wildman–Crippen LogP) is 19.0. The van der Waals surface area contributed by atoms with Crippen molar-refractivity contribution in [3.63, 3.8) is 0 Å². The van der Waals surface area contributed by atoms with Gasteiger partial charge in [0.25, 0.3) is 0 Å². The average Bonchev–Trinajstić information content (AvgIpc) is 3.91. The zero-order valence-corrected chi connectivity index (χ0v) is 39.1. The summed E-state index contributed by atoms with van der Waals surface area (Å²) in [4.78, 5) is 4.82. The number of rotatable bonds is 9. The quantitative estimate of drug-likeness (QED) is 0.144. The number of hydrogen-bond acceptors (Lipinski definition) is 3. The lowest BCUT2D eigenvalue weighted by Gasteiger charge is -2.31. The van der Waals surface area contributed by atoms with Crippen LogP contribution in [0.5, 0.6) is 0 Å². The summed E-state index contributed by atoms with van der Waals surface area (Å²) in [5, 5.41) is 4.66. The van der Waals surface area contributed by atoms with Crippen molar-refractivity contribution in [2.45, 2.75) is 19.3 Å².